The van der Waals surface area contributed by atoms with Crippen LogP contribution in [0.2, 0.25) is 0 Å². The second-order valence-electron chi connectivity index (χ2n) is 6.72. The van der Waals surface area contributed by atoms with Crippen LogP contribution >= 0.6 is 0 Å². The number of anilines is 2. The molecule has 1 aliphatic heterocycles. The molecule has 0 unspecified atom stereocenters. The first-order valence-corrected chi connectivity index (χ1v) is 9.35. The maximum atomic E-state index is 12.2. The van der Waals surface area contributed by atoms with Crippen molar-refractivity contribution in [1.29, 1.82) is 0 Å². The van der Waals surface area contributed by atoms with Crippen molar-refractivity contribution in [1.82, 2.24) is 10.2 Å². The lowest BCUT2D eigenvalue weighted by atomic mass is 10.1. The molecule has 27 heavy (non-hydrogen) atoms. The number of hydrogen-bond acceptors (Lipinski definition) is 4. The summed E-state index contributed by atoms with van der Waals surface area (Å²) in [5.74, 6) is 0.833. The predicted molar refractivity (Wildman–Crippen MR) is 108 cm³/mol. The van der Waals surface area contributed by atoms with Gasteiger partial charge in [-0.3, -0.25) is 4.79 Å². The highest BCUT2D eigenvalue weighted by atomic mass is 16.1. The Kier molecular flexibility index (Phi) is 5.10. The summed E-state index contributed by atoms with van der Waals surface area (Å²) in [5.41, 5.74) is 3.20. The molecule has 5 heteroatoms. The molecular formula is C22H22N4O. The normalized spacial score (nSPS) is 14.0. The second-order valence-corrected chi connectivity index (χ2v) is 6.72. The van der Waals surface area contributed by atoms with Crippen LogP contribution in [-0.2, 0) is 0 Å². The van der Waals surface area contributed by atoms with Crippen LogP contribution in [-0.4, -0.2) is 29.2 Å². The monoisotopic (exact) mass is 358 g/mol. The molecule has 0 atom stereocenters. The van der Waals surface area contributed by atoms with Gasteiger partial charge < -0.3 is 10.2 Å². The average molecular weight is 358 g/mol. The van der Waals surface area contributed by atoms with E-state index < -0.39 is 0 Å². The SMILES string of the molecule is O=C(Nc1ccc(-c2ccc(N3CCCCC3)nn2)cc1)c1ccccc1. The van der Waals surface area contributed by atoms with Gasteiger partial charge >= 0.3 is 0 Å². The molecule has 0 bridgehead atoms. The van der Waals surface area contributed by atoms with Crippen molar-refractivity contribution in [3.8, 4) is 11.3 Å². The second kappa shape index (κ2) is 7.99. The van der Waals surface area contributed by atoms with Gasteiger partial charge in [0.1, 0.15) is 0 Å². The topological polar surface area (TPSA) is 58.1 Å². The van der Waals surface area contributed by atoms with Crippen molar-refractivity contribution < 1.29 is 4.79 Å². The van der Waals surface area contributed by atoms with Gasteiger partial charge in [0, 0.05) is 29.9 Å². The van der Waals surface area contributed by atoms with Crippen LogP contribution in [0.5, 0.6) is 0 Å². The van der Waals surface area contributed by atoms with E-state index in [2.05, 4.69) is 20.4 Å². The molecule has 0 saturated carbocycles. The van der Waals surface area contributed by atoms with Crippen LogP contribution in [0.25, 0.3) is 11.3 Å². The molecule has 3 aromatic rings. The molecule has 1 saturated heterocycles. The number of nitrogens with zero attached hydrogens (tertiary/aromatic N) is 3. The van der Waals surface area contributed by atoms with Gasteiger partial charge in [0.2, 0.25) is 0 Å². The molecule has 1 fully saturated rings. The van der Waals surface area contributed by atoms with E-state index in [9.17, 15) is 4.79 Å². The van der Waals surface area contributed by atoms with Gasteiger partial charge in [0.25, 0.3) is 5.91 Å². The zero-order valence-electron chi connectivity index (χ0n) is 15.1. The van der Waals surface area contributed by atoms with Gasteiger partial charge in [0.15, 0.2) is 5.82 Å². The number of nitrogens with one attached hydrogen (secondary N) is 1. The molecule has 0 aliphatic carbocycles. The molecule has 2 aromatic carbocycles. The maximum Gasteiger partial charge on any atom is 0.255 e. The van der Waals surface area contributed by atoms with Crippen molar-refractivity contribution in [2.45, 2.75) is 19.3 Å². The van der Waals surface area contributed by atoms with Crippen molar-refractivity contribution in [2.75, 3.05) is 23.3 Å². The molecule has 5 nitrogen and oxygen atoms in total. The van der Waals surface area contributed by atoms with Crippen molar-refractivity contribution in [3.05, 3.63) is 72.3 Å². The van der Waals surface area contributed by atoms with Crippen LogP contribution in [0.15, 0.2) is 66.7 Å². The molecule has 1 aromatic heterocycles. The summed E-state index contributed by atoms with van der Waals surface area (Å²) >= 11 is 0. The molecule has 136 valence electrons. The van der Waals surface area contributed by atoms with Gasteiger partial charge in [0.05, 0.1) is 5.69 Å². The first-order valence-electron chi connectivity index (χ1n) is 9.35. The third-order valence-electron chi connectivity index (χ3n) is 4.81. The Morgan fingerprint density at radius 2 is 1.56 bits per heavy atom. The van der Waals surface area contributed by atoms with E-state index >= 15 is 0 Å². The van der Waals surface area contributed by atoms with Gasteiger partial charge in [-0.15, -0.1) is 10.2 Å². The van der Waals surface area contributed by atoms with Crippen LogP contribution in [0, 0.1) is 0 Å². The Hall–Kier alpha value is -3.21. The third-order valence-corrected chi connectivity index (χ3v) is 4.81. The van der Waals surface area contributed by atoms with E-state index in [1.165, 1.54) is 19.3 Å². The lowest BCUT2D eigenvalue weighted by molar-refractivity contribution is 0.102. The smallest absolute Gasteiger partial charge is 0.255 e. The summed E-state index contributed by atoms with van der Waals surface area (Å²) in [6.07, 6.45) is 3.74. The molecule has 4 rings (SSSR count). The Labute approximate surface area is 159 Å². The molecular weight excluding hydrogens is 336 g/mol. The minimum atomic E-state index is -0.117. The standard InChI is InChI=1S/C22H22N4O/c27-22(18-7-3-1-4-8-18)23-19-11-9-17(10-12-19)20-13-14-21(25-24-20)26-15-5-2-6-16-26/h1,3-4,7-14H,2,5-6,15-16H2,(H,23,27). The minimum Gasteiger partial charge on any atom is -0.355 e. The largest absolute Gasteiger partial charge is 0.355 e. The van der Waals surface area contributed by atoms with E-state index in [4.69, 9.17) is 0 Å². The number of piperidine rings is 1. The predicted octanol–water partition coefficient (Wildman–Crippen LogP) is 4.39. The van der Waals surface area contributed by atoms with E-state index in [1.807, 2.05) is 54.6 Å². The number of carbonyl (C=O) groups excluding carboxylic acids is 1. The molecule has 1 aliphatic rings. The summed E-state index contributed by atoms with van der Waals surface area (Å²) in [5, 5.41) is 11.7. The fourth-order valence-corrected chi connectivity index (χ4v) is 3.29. The summed E-state index contributed by atoms with van der Waals surface area (Å²) < 4.78 is 0. The van der Waals surface area contributed by atoms with Crippen LogP contribution in [0.3, 0.4) is 0 Å². The fourth-order valence-electron chi connectivity index (χ4n) is 3.29. The fraction of sp³-hybridized carbons (Fsp3) is 0.227. The summed E-state index contributed by atoms with van der Waals surface area (Å²) in [6.45, 7) is 2.12. The molecule has 2 heterocycles. The number of benzene rings is 2. The number of rotatable bonds is 4. The van der Waals surface area contributed by atoms with Gasteiger partial charge in [-0.25, -0.2) is 0 Å². The van der Waals surface area contributed by atoms with Gasteiger partial charge in [-0.1, -0.05) is 30.3 Å². The van der Waals surface area contributed by atoms with E-state index in [-0.39, 0.29) is 5.91 Å². The third kappa shape index (κ3) is 4.14. The van der Waals surface area contributed by atoms with Gasteiger partial charge in [-0.05, 0) is 55.7 Å². The summed E-state index contributed by atoms with van der Waals surface area (Å²) in [4.78, 5) is 14.5. The Bertz CT molecular complexity index is 886. The zero-order chi connectivity index (χ0) is 18.5. The highest BCUT2D eigenvalue weighted by Gasteiger charge is 2.13. The molecule has 1 amide bonds. The van der Waals surface area contributed by atoms with E-state index in [1.54, 1.807) is 12.1 Å². The highest BCUT2D eigenvalue weighted by molar-refractivity contribution is 6.04. The van der Waals surface area contributed by atoms with Crippen molar-refractivity contribution >= 4 is 17.4 Å². The van der Waals surface area contributed by atoms with Crippen molar-refractivity contribution in [2.24, 2.45) is 0 Å². The molecule has 1 N–H and O–H groups in total. The first kappa shape index (κ1) is 17.2. The maximum absolute atomic E-state index is 12.2. The number of amides is 1. The Balaban J connectivity index is 1.43. The number of hydrogen-bond donors (Lipinski definition) is 1. The zero-order valence-corrected chi connectivity index (χ0v) is 15.1. The molecule has 0 spiro atoms. The average Bonchev–Trinajstić information content (AvgIpc) is 2.76. The number of aromatic nitrogens is 2. The number of carbonyl (C=O) groups is 1. The summed E-state index contributed by atoms with van der Waals surface area (Å²) in [6, 6.07) is 20.9. The lowest BCUT2D eigenvalue weighted by Gasteiger charge is -2.27. The lowest BCUT2D eigenvalue weighted by Crippen LogP contribution is -2.30. The molecule has 0 radical (unpaired) electrons. The Morgan fingerprint density at radius 3 is 2.22 bits per heavy atom. The highest BCUT2D eigenvalue weighted by Crippen LogP contribution is 2.22. The van der Waals surface area contributed by atoms with Crippen LogP contribution < -0.4 is 10.2 Å². The van der Waals surface area contributed by atoms with E-state index in [0.29, 0.717) is 5.56 Å². The van der Waals surface area contributed by atoms with Crippen LogP contribution in [0.4, 0.5) is 11.5 Å². The quantitative estimate of drug-likeness (QED) is 0.752. The minimum absolute atomic E-state index is 0.117. The first-order chi connectivity index (χ1) is 13.3. The van der Waals surface area contributed by atoms with Gasteiger partial charge in [-0.2, -0.15) is 0 Å². The van der Waals surface area contributed by atoms with Crippen molar-refractivity contribution in [3.63, 3.8) is 0 Å². The summed E-state index contributed by atoms with van der Waals surface area (Å²) in [7, 11) is 0. The van der Waals surface area contributed by atoms with Crippen LogP contribution in [0.1, 0.15) is 29.6 Å². The van der Waals surface area contributed by atoms with E-state index in [0.717, 1.165) is 35.9 Å². The Morgan fingerprint density at radius 1 is 0.815 bits per heavy atom.